The third kappa shape index (κ3) is 15.1. The number of β-amino-alcohol motifs (C(OH)–C–C–N with tert-alkyl or cyclic N) is 1. The number of nitrogens with zero attached hydrogens (tertiary/aromatic N) is 20. The first-order valence-electron chi connectivity index (χ1n) is 44.6. The molecule has 4 saturated carbocycles. The summed E-state index contributed by atoms with van der Waals surface area (Å²) in [6, 6.07) is 69.5. The summed E-state index contributed by atoms with van der Waals surface area (Å²) in [5, 5.41) is 14.3. The lowest BCUT2D eigenvalue weighted by Crippen LogP contribution is -2.51. The molecule has 20 aromatic rings. The van der Waals surface area contributed by atoms with Crippen molar-refractivity contribution in [2.75, 3.05) is 42.6 Å². The van der Waals surface area contributed by atoms with Gasteiger partial charge in [0.15, 0.2) is 11.6 Å². The minimum Gasteiger partial charge on any atom is -0.389 e. The molecule has 0 amide bonds. The Morgan fingerprint density at radius 1 is 0.326 bits per heavy atom. The first-order chi connectivity index (χ1) is 63.2. The molecule has 25 heteroatoms. The molecule has 129 heavy (non-hydrogen) atoms. The van der Waals surface area contributed by atoms with E-state index in [2.05, 4.69) is 126 Å². The molecule has 0 spiro atoms. The quantitative estimate of drug-likeness (QED) is 0.0675. The largest absolute Gasteiger partial charge is 0.389 e. The fourth-order valence-corrected chi connectivity index (χ4v) is 19.1. The average Bonchev–Trinajstić information content (AvgIpc) is 1.62. The molecule has 5 fully saturated rings. The van der Waals surface area contributed by atoms with E-state index in [1.807, 2.05) is 172 Å². The van der Waals surface area contributed by atoms with Crippen LogP contribution < -0.4 is 22.9 Å². The summed E-state index contributed by atoms with van der Waals surface area (Å²) in [4.78, 5) is 73.6. The molecule has 25 rings (SSSR count). The van der Waals surface area contributed by atoms with Crippen LogP contribution in [-0.4, -0.2) is 128 Å². The topological polar surface area (TPSA) is 339 Å². The fraction of sp³-hybridized carbons (Fsp3) is 0.221. The Kier molecular flexibility index (Phi) is 20.6. The first-order valence-corrected chi connectivity index (χ1v) is 44.6. The molecule has 0 radical (unpaired) electrons. The minimum absolute atomic E-state index is 0.180. The van der Waals surface area contributed by atoms with E-state index in [-0.39, 0.29) is 5.92 Å². The van der Waals surface area contributed by atoms with Crippen molar-refractivity contribution in [2.45, 2.75) is 127 Å². The number of pyridine rings is 1. The lowest BCUT2D eigenvalue weighted by Gasteiger charge is -2.45. The van der Waals surface area contributed by atoms with Crippen molar-refractivity contribution in [1.82, 2.24) is 97.3 Å². The van der Waals surface area contributed by atoms with E-state index >= 15 is 0 Å². The Labute approximate surface area is 743 Å². The molecule has 8 aromatic carbocycles. The summed E-state index contributed by atoms with van der Waals surface area (Å²) in [6.45, 7) is 6.99. The predicted octanol–water partition coefficient (Wildman–Crippen LogP) is 20.1. The standard InChI is InChI=1S/C30H30N6O.2C25H22N6.C24H20N6/c31-28-27-26(22-9-8-21-10-11-24(33-25(21)16-22)20-6-2-1-3-7-20)34-29(36(27)15-12-32-28)23-17-30(37,18-23)19-35-13-4-5-14-35;2*1-15-19-11-10-18(14-20(19)29-24(28-15)16-6-3-2-4-7-16)21-22-23(26)27-12-13-31(22)25(30-21)17-8-5-9-17;25-23-22-21(29-24(16-7-4-8-16)30(22)12-11-26-23)17-9-10-18-19(13-17)28-20(14-27-18)15-5-2-1-3-6-15/h1-3,6-12,15-16,23,37H,4-5,13-14,17-19H2,(H2,31,32);2*2-4,6-7,10-14,17H,5,8-9H2,1H3,(H2,26,27);1-3,5-6,9-14,16H,4,7-8H2,(H2,25,26). The Bertz CT molecular complexity index is 7440. The highest BCUT2D eigenvalue weighted by molar-refractivity contribution is 5.96. The summed E-state index contributed by atoms with van der Waals surface area (Å²) >= 11 is 0. The number of imidazole rings is 4. The molecule has 5 aliphatic rings. The summed E-state index contributed by atoms with van der Waals surface area (Å²) in [7, 11) is 0. The normalized spacial score (nSPS) is 16.5. The Balaban J connectivity index is 0.000000101. The van der Waals surface area contributed by atoms with E-state index in [0.29, 0.717) is 53.9 Å². The van der Waals surface area contributed by atoms with Crippen molar-refractivity contribution in [1.29, 1.82) is 0 Å². The third-order valence-corrected chi connectivity index (χ3v) is 26.5. The van der Waals surface area contributed by atoms with Gasteiger partial charge in [-0.25, -0.2) is 69.8 Å². The van der Waals surface area contributed by atoms with Crippen LogP contribution in [0.2, 0.25) is 0 Å². The smallest absolute Gasteiger partial charge is 0.160 e. The number of benzene rings is 8. The number of nitrogens with two attached hydrogens (primary N) is 4. The average molecular weight is 1700 g/mol. The van der Waals surface area contributed by atoms with Crippen molar-refractivity contribution in [3.8, 4) is 90.3 Å². The SMILES string of the molecule is Cc1nc(-c2ccccc2)nc2cc(-c3nc(C4CCC4)n4ccnc(N)c34)ccc12.Cc1nc(-c2ccccc2)nc2cc(-c3nc(C4CCC4)n4ccnc(N)c34)ccc12.Nc1nccn2c(C3CC(O)(CN4CCCC4)C3)nc(-c3ccc4ccc(-c5ccccc5)nc4c3)c12.Nc1nccn2c(C3CCC3)nc(-c3ccc4ncc(-c5ccccc5)nc4c3)c12. The van der Waals surface area contributed by atoms with Crippen LogP contribution >= 0.6 is 0 Å². The number of aryl methyl sites for hydroxylation is 2. The van der Waals surface area contributed by atoms with Gasteiger partial charge in [0, 0.05) is 152 Å². The highest BCUT2D eigenvalue weighted by atomic mass is 16.3. The second-order valence-corrected chi connectivity index (χ2v) is 34.9. The van der Waals surface area contributed by atoms with Crippen LogP contribution in [0.5, 0.6) is 0 Å². The number of rotatable bonds is 14. The molecular weight excluding hydrogens is 1600 g/mol. The molecule has 12 aromatic heterocycles. The van der Waals surface area contributed by atoms with Crippen LogP contribution in [0, 0.1) is 13.8 Å². The van der Waals surface area contributed by atoms with Crippen molar-refractivity contribution < 1.29 is 5.11 Å². The maximum atomic E-state index is 11.2. The zero-order chi connectivity index (χ0) is 87.0. The predicted molar refractivity (Wildman–Crippen MR) is 510 cm³/mol. The van der Waals surface area contributed by atoms with Crippen molar-refractivity contribution >= 4 is 89.1 Å². The molecular formula is C104H94N24O. The van der Waals surface area contributed by atoms with Gasteiger partial charge in [0.25, 0.3) is 0 Å². The summed E-state index contributed by atoms with van der Waals surface area (Å²) in [6.07, 6.45) is 31.3. The van der Waals surface area contributed by atoms with Gasteiger partial charge in [-0.2, -0.15) is 0 Å². The van der Waals surface area contributed by atoms with E-state index in [0.717, 1.165) is 210 Å². The van der Waals surface area contributed by atoms with Gasteiger partial charge in [-0.15, -0.1) is 0 Å². The number of anilines is 4. The van der Waals surface area contributed by atoms with Gasteiger partial charge in [0.05, 0.1) is 50.8 Å². The first kappa shape index (κ1) is 79.7. The Morgan fingerprint density at radius 2 is 0.682 bits per heavy atom. The van der Waals surface area contributed by atoms with Gasteiger partial charge in [0.1, 0.15) is 91.4 Å². The molecule has 9 N–H and O–H groups in total. The lowest BCUT2D eigenvalue weighted by molar-refractivity contribution is -0.0704. The van der Waals surface area contributed by atoms with Crippen LogP contribution in [0.25, 0.3) is 156 Å². The van der Waals surface area contributed by atoms with E-state index < -0.39 is 5.60 Å². The molecule has 0 bridgehead atoms. The van der Waals surface area contributed by atoms with Crippen LogP contribution in [-0.2, 0) is 0 Å². The van der Waals surface area contributed by atoms with Gasteiger partial charge in [-0.1, -0.05) is 189 Å². The number of hydrogen-bond acceptors (Lipinski definition) is 21. The van der Waals surface area contributed by atoms with E-state index in [1.165, 1.54) is 70.6 Å². The van der Waals surface area contributed by atoms with Gasteiger partial charge in [-0.3, -0.25) is 22.6 Å². The number of hydrogen-bond donors (Lipinski definition) is 5. The summed E-state index contributed by atoms with van der Waals surface area (Å²) in [5.41, 5.74) is 47.7. The van der Waals surface area contributed by atoms with E-state index in [9.17, 15) is 5.11 Å². The minimum atomic E-state index is -0.639. The maximum absolute atomic E-state index is 11.2. The Hall–Kier alpha value is -15.2. The maximum Gasteiger partial charge on any atom is 0.160 e. The van der Waals surface area contributed by atoms with Crippen LogP contribution in [0.15, 0.2) is 262 Å². The number of aromatic nitrogens is 19. The fourth-order valence-electron chi connectivity index (χ4n) is 19.1. The highest BCUT2D eigenvalue weighted by Crippen LogP contribution is 2.48. The van der Waals surface area contributed by atoms with E-state index in [4.69, 9.17) is 72.8 Å². The van der Waals surface area contributed by atoms with Gasteiger partial charge in [-0.05, 0) is 128 Å². The molecule has 13 heterocycles. The molecule has 0 unspecified atom stereocenters. The lowest BCUT2D eigenvalue weighted by atomic mass is 9.70. The van der Waals surface area contributed by atoms with Gasteiger partial charge < -0.3 is 32.9 Å². The molecule has 1 aliphatic heterocycles. The number of aliphatic hydroxyl groups is 1. The van der Waals surface area contributed by atoms with Crippen molar-refractivity contribution in [3.63, 3.8) is 0 Å². The summed E-state index contributed by atoms with van der Waals surface area (Å²) < 4.78 is 8.41. The Morgan fingerprint density at radius 3 is 1.09 bits per heavy atom. The zero-order valence-corrected chi connectivity index (χ0v) is 71.7. The monoisotopic (exact) mass is 1690 g/mol. The summed E-state index contributed by atoms with van der Waals surface area (Å²) in [5.74, 6) is 9.21. The number of likely N-dealkylation sites (tertiary alicyclic amines) is 1. The molecule has 1 saturated heterocycles. The van der Waals surface area contributed by atoms with Crippen molar-refractivity contribution in [2.24, 2.45) is 0 Å². The molecule has 4 aliphatic carbocycles. The third-order valence-electron chi connectivity index (χ3n) is 26.5. The molecule has 0 atom stereocenters. The second kappa shape index (κ2) is 33.3. The van der Waals surface area contributed by atoms with Crippen LogP contribution in [0.4, 0.5) is 23.3 Å². The second-order valence-electron chi connectivity index (χ2n) is 34.9. The van der Waals surface area contributed by atoms with Crippen LogP contribution in [0.1, 0.15) is 142 Å². The van der Waals surface area contributed by atoms with Crippen LogP contribution in [0.3, 0.4) is 0 Å². The van der Waals surface area contributed by atoms with E-state index in [1.54, 1.807) is 24.8 Å². The number of fused-ring (bicyclic) bond motifs is 8. The van der Waals surface area contributed by atoms with Gasteiger partial charge >= 0.3 is 0 Å². The van der Waals surface area contributed by atoms with Gasteiger partial charge in [0.2, 0.25) is 0 Å². The zero-order valence-electron chi connectivity index (χ0n) is 71.7. The molecule has 25 nitrogen and oxygen atoms in total. The highest BCUT2D eigenvalue weighted by Gasteiger charge is 2.47. The van der Waals surface area contributed by atoms with Crippen molar-refractivity contribution in [3.05, 3.63) is 297 Å². The molecule has 636 valence electrons. The number of nitrogen functional groups attached to an aromatic ring is 4.